The average molecular weight is 480 g/mol. The van der Waals surface area contributed by atoms with Crippen molar-refractivity contribution in [1.82, 2.24) is 9.88 Å². The number of methoxy groups -OCH3 is 1. The van der Waals surface area contributed by atoms with Crippen LogP contribution in [-0.4, -0.2) is 68.5 Å². The van der Waals surface area contributed by atoms with Crippen LogP contribution in [0.3, 0.4) is 0 Å². The molecule has 7 heteroatoms. The molecule has 1 aromatic carbocycles. The van der Waals surface area contributed by atoms with E-state index in [0.29, 0.717) is 25.6 Å². The Labute approximate surface area is 208 Å². The van der Waals surface area contributed by atoms with Gasteiger partial charge in [-0.2, -0.15) is 0 Å². The summed E-state index contributed by atoms with van der Waals surface area (Å²) in [6.07, 6.45) is 6.18. The van der Waals surface area contributed by atoms with Crippen LogP contribution in [0.25, 0.3) is 0 Å². The standard InChI is InChI=1S/C28H37N3O4/c1-33-27(32)15-23(22-4-2-6-25(14-22)35-26-18-34-19-26)17-31-13-11-20(16-31)7-9-24-10-8-21-5-3-12-29-28(21)30-24/h2,4,6,8,10,14,20,23,26H,3,5,7,9,11-13,15-19H2,1H3,(H,29,30)/t20-,23-/m1/s1. The highest BCUT2D eigenvalue weighted by atomic mass is 16.6. The number of ether oxygens (including phenoxy) is 3. The van der Waals surface area contributed by atoms with Crippen LogP contribution in [0.1, 0.15) is 48.4 Å². The van der Waals surface area contributed by atoms with Crippen LogP contribution in [0.4, 0.5) is 5.82 Å². The number of pyridine rings is 1. The molecule has 4 heterocycles. The minimum atomic E-state index is -0.170. The Bertz CT molecular complexity index is 1010. The van der Waals surface area contributed by atoms with E-state index in [9.17, 15) is 4.79 Å². The van der Waals surface area contributed by atoms with Gasteiger partial charge < -0.3 is 24.4 Å². The maximum Gasteiger partial charge on any atom is 0.306 e. The Morgan fingerprint density at radius 3 is 3.03 bits per heavy atom. The van der Waals surface area contributed by atoms with E-state index >= 15 is 0 Å². The van der Waals surface area contributed by atoms with Crippen molar-refractivity contribution >= 4 is 11.8 Å². The monoisotopic (exact) mass is 479 g/mol. The van der Waals surface area contributed by atoms with Gasteiger partial charge in [-0.3, -0.25) is 4.79 Å². The van der Waals surface area contributed by atoms with E-state index in [0.717, 1.165) is 62.6 Å². The topological polar surface area (TPSA) is 72.9 Å². The third-order valence-electron chi connectivity index (χ3n) is 7.49. The number of likely N-dealkylation sites (tertiary alicyclic amines) is 1. The molecule has 2 saturated heterocycles. The van der Waals surface area contributed by atoms with Gasteiger partial charge in [0, 0.05) is 31.2 Å². The fourth-order valence-corrected chi connectivity index (χ4v) is 5.37. The van der Waals surface area contributed by atoms with Crippen molar-refractivity contribution in [3.8, 4) is 5.75 Å². The lowest BCUT2D eigenvalue weighted by molar-refractivity contribution is -0.141. The number of esters is 1. The number of fused-ring (bicyclic) bond motifs is 1. The third-order valence-corrected chi connectivity index (χ3v) is 7.49. The number of anilines is 1. The number of aryl methyl sites for hydroxylation is 2. The van der Waals surface area contributed by atoms with E-state index < -0.39 is 0 Å². The quantitative estimate of drug-likeness (QED) is 0.520. The van der Waals surface area contributed by atoms with Crippen molar-refractivity contribution in [3.63, 3.8) is 0 Å². The average Bonchev–Trinajstić information content (AvgIpc) is 3.32. The SMILES string of the molecule is COC(=O)C[C@H](CN1CC[C@@H](CCc2ccc3c(n2)NCCC3)C1)c1cccc(OC2COC2)c1. The highest BCUT2D eigenvalue weighted by Crippen LogP contribution is 2.30. The molecule has 5 rings (SSSR count). The van der Waals surface area contributed by atoms with Crippen LogP contribution in [0, 0.1) is 5.92 Å². The van der Waals surface area contributed by atoms with Gasteiger partial charge in [0.05, 0.1) is 26.7 Å². The fourth-order valence-electron chi connectivity index (χ4n) is 5.37. The summed E-state index contributed by atoms with van der Waals surface area (Å²) < 4.78 is 16.2. The number of rotatable bonds is 10. The van der Waals surface area contributed by atoms with E-state index in [1.165, 1.54) is 31.2 Å². The molecule has 0 amide bonds. The highest BCUT2D eigenvalue weighted by Gasteiger charge is 2.27. The molecule has 7 nitrogen and oxygen atoms in total. The molecule has 188 valence electrons. The van der Waals surface area contributed by atoms with Gasteiger partial charge in [0.15, 0.2) is 0 Å². The molecule has 1 aromatic heterocycles. The molecule has 2 atom stereocenters. The molecule has 3 aliphatic rings. The smallest absolute Gasteiger partial charge is 0.306 e. The highest BCUT2D eigenvalue weighted by molar-refractivity contribution is 5.70. The van der Waals surface area contributed by atoms with Gasteiger partial charge in [-0.15, -0.1) is 0 Å². The molecule has 0 unspecified atom stereocenters. The van der Waals surface area contributed by atoms with Gasteiger partial charge in [0.1, 0.15) is 17.7 Å². The molecule has 2 aromatic rings. The summed E-state index contributed by atoms with van der Waals surface area (Å²) >= 11 is 0. The maximum absolute atomic E-state index is 12.2. The zero-order chi connectivity index (χ0) is 24.0. The van der Waals surface area contributed by atoms with Gasteiger partial charge >= 0.3 is 5.97 Å². The Morgan fingerprint density at radius 2 is 2.20 bits per heavy atom. The van der Waals surface area contributed by atoms with Crippen LogP contribution in [0.2, 0.25) is 0 Å². The lowest BCUT2D eigenvalue weighted by atomic mass is 9.94. The normalized spacial score (nSPS) is 21.0. The molecule has 0 saturated carbocycles. The first-order valence-electron chi connectivity index (χ1n) is 13.0. The van der Waals surface area contributed by atoms with Gasteiger partial charge in [-0.05, 0) is 73.9 Å². The molecule has 1 N–H and O–H groups in total. The second-order valence-electron chi connectivity index (χ2n) is 10.1. The molecule has 2 fully saturated rings. The Kier molecular flexibility index (Phi) is 7.84. The summed E-state index contributed by atoms with van der Waals surface area (Å²) in [7, 11) is 1.46. The number of hydrogen-bond donors (Lipinski definition) is 1. The van der Waals surface area contributed by atoms with E-state index in [1.807, 2.05) is 12.1 Å². The third kappa shape index (κ3) is 6.33. The predicted molar refractivity (Wildman–Crippen MR) is 135 cm³/mol. The zero-order valence-corrected chi connectivity index (χ0v) is 20.7. The van der Waals surface area contributed by atoms with E-state index in [2.05, 4.69) is 34.5 Å². The second-order valence-corrected chi connectivity index (χ2v) is 10.1. The lowest BCUT2D eigenvalue weighted by Gasteiger charge is -2.28. The summed E-state index contributed by atoms with van der Waals surface area (Å²) in [5.41, 5.74) is 3.66. The first-order valence-corrected chi connectivity index (χ1v) is 13.0. The van der Waals surface area contributed by atoms with E-state index in [1.54, 1.807) is 0 Å². The molecular weight excluding hydrogens is 442 g/mol. The summed E-state index contributed by atoms with van der Waals surface area (Å²) in [4.78, 5) is 19.6. The predicted octanol–water partition coefficient (Wildman–Crippen LogP) is 3.82. The number of carbonyl (C=O) groups excluding carboxylic acids is 1. The van der Waals surface area contributed by atoms with Crippen molar-refractivity contribution in [2.75, 3.05) is 51.8 Å². The second kappa shape index (κ2) is 11.4. The van der Waals surface area contributed by atoms with Gasteiger partial charge in [0.25, 0.3) is 0 Å². The van der Waals surface area contributed by atoms with E-state index in [4.69, 9.17) is 19.2 Å². The number of hydrogen-bond acceptors (Lipinski definition) is 7. The molecule has 0 bridgehead atoms. The summed E-state index contributed by atoms with van der Waals surface area (Å²) in [6, 6.07) is 12.6. The lowest BCUT2D eigenvalue weighted by Crippen LogP contribution is -2.38. The van der Waals surface area contributed by atoms with Crippen LogP contribution >= 0.6 is 0 Å². The maximum atomic E-state index is 12.2. The zero-order valence-electron chi connectivity index (χ0n) is 20.7. The van der Waals surface area contributed by atoms with Crippen LogP contribution in [0.5, 0.6) is 5.75 Å². The largest absolute Gasteiger partial charge is 0.486 e. The van der Waals surface area contributed by atoms with Crippen LogP contribution in [0.15, 0.2) is 36.4 Å². The molecule has 0 aliphatic carbocycles. The van der Waals surface area contributed by atoms with Crippen molar-refractivity contribution in [1.29, 1.82) is 0 Å². The number of nitrogens with zero attached hydrogens (tertiary/aromatic N) is 2. The first kappa shape index (κ1) is 24.1. The minimum Gasteiger partial charge on any atom is -0.486 e. The van der Waals surface area contributed by atoms with Crippen molar-refractivity contribution < 1.29 is 19.0 Å². The summed E-state index contributed by atoms with van der Waals surface area (Å²) in [5, 5.41) is 3.44. The van der Waals surface area contributed by atoms with Gasteiger partial charge in [-0.1, -0.05) is 18.2 Å². The number of nitrogens with one attached hydrogen (secondary N) is 1. The summed E-state index contributed by atoms with van der Waals surface area (Å²) in [6.45, 7) is 5.29. The van der Waals surface area contributed by atoms with Crippen molar-refractivity contribution in [2.45, 2.75) is 50.5 Å². The molecular formula is C28H37N3O4. The van der Waals surface area contributed by atoms with E-state index in [-0.39, 0.29) is 18.0 Å². The minimum absolute atomic E-state index is 0.0794. The van der Waals surface area contributed by atoms with Crippen molar-refractivity contribution in [2.24, 2.45) is 5.92 Å². The van der Waals surface area contributed by atoms with Gasteiger partial charge in [-0.25, -0.2) is 4.98 Å². The van der Waals surface area contributed by atoms with Crippen LogP contribution in [-0.2, 0) is 27.1 Å². The van der Waals surface area contributed by atoms with Gasteiger partial charge in [0.2, 0.25) is 0 Å². The molecule has 35 heavy (non-hydrogen) atoms. The molecule has 3 aliphatic heterocycles. The molecule has 0 spiro atoms. The Morgan fingerprint density at radius 1 is 1.29 bits per heavy atom. The van der Waals surface area contributed by atoms with Crippen LogP contribution < -0.4 is 10.1 Å². The number of aromatic nitrogens is 1. The number of benzene rings is 1. The fraction of sp³-hybridized carbons (Fsp3) is 0.571. The number of carbonyl (C=O) groups is 1. The summed E-state index contributed by atoms with van der Waals surface area (Å²) in [5.74, 6) is 2.50. The molecule has 0 radical (unpaired) electrons. The van der Waals surface area contributed by atoms with Crippen molar-refractivity contribution in [3.05, 3.63) is 53.2 Å². The Hall–Kier alpha value is -2.64. The Balaban J connectivity index is 1.17. The first-order chi connectivity index (χ1) is 17.2.